The number of amides is 1. The van der Waals surface area contributed by atoms with E-state index < -0.39 is 0 Å². The molecular formula is C14H22N4O. The number of hydrogen-bond donors (Lipinski definition) is 2. The Morgan fingerprint density at radius 2 is 2.11 bits per heavy atom. The minimum atomic E-state index is -0.0547. The van der Waals surface area contributed by atoms with Crippen LogP contribution in [0.25, 0.3) is 0 Å². The summed E-state index contributed by atoms with van der Waals surface area (Å²) in [6.07, 6.45) is 8.65. The van der Waals surface area contributed by atoms with Gasteiger partial charge in [0.15, 0.2) is 0 Å². The van der Waals surface area contributed by atoms with Crippen LogP contribution in [0, 0.1) is 12.8 Å². The topological polar surface area (TPSA) is 80.9 Å². The normalized spacial score (nSPS) is 23.7. The first-order valence-corrected chi connectivity index (χ1v) is 6.97. The van der Waals surface area contributed by atoms with Gasteiger partial charge in [-0.15, -0.1) is 0 Å². The fourth-order valence-electron chi connectivity index (χ4n) is 2.48. The molecule has 19 heavy (non-hydrogen) atoms. The zero-order chi connectivity index (χ0) is 13.7. The fraction of sp³-hybridized carbons (Fsp3) is 0.643. The van der Waals surface area contributed by atoms with Crippen LogP contribution in [0.3, 0.4) is 0 Å². The first kappa shape index (κ1) is 13.9. The maximum atomic E-state index is 12.2. The van der Waals surface area contributed by atoms with Crippen molar-refractivity contribution in [2.24, 2.45) is 11.7 Å². The van der Waals surface area contributed by atoms with Crippen LogP contribution in [0.1, 0.15) is 43.5 Å². The third-order valence-electron chi connectivity index (χ3n) is 3.68. The Labute approximate surface area is 114 Å². The minimum Gasteiger partial charge on any atom is -0.350 e. The van der Waals surface area contributed by atoms with Gasteiger partial charge in [0, 0.05) is 12.2 Å². The predicted octanol–water partition coefficient (Wildman–Crippen LogP) is 1.31. The smallest absolute Gasteiger partial charge is 0.224 e. The molecule has 5 heteroatoms. The number of aromatic nitrogens is 2. The molecule has 5 nitrogen and oxygen atoms in total. The summed E-state index contributed by atoms with van der Waals surface area (Å²) in [6, 6.07) is -0.00778. The Kier molecular flexibility index (Phi) is 4.85. The van der Waals surface area contributed by atoms with Gasteiger partial charge in [-0.1, -0.05) is 19.3 Å². The molecule has 1 amide bonds. The van der Waals surface area contributed by atoms with Gasteiger partial charge in [-0.25, -0.2) is 0 Å². The summed E-state index contributed by atoms with van der Waals surface area (Å²) >= 11 is 0. The molecule has 1 aliphatic rings. The lowest BCUT2D eigenvalue weighted by molar-refractivity contribution is -0.126. The second kappa shape index (κ2) is 6.61. The first-order chi connectivity index (χ1) is 9.16. The molecule has 0 bridgehead atoms. The van der Waals surface area contributed by atoms with Gasteiger partial charge in [0.25, 0.3) is 0 Å². The van der Waals surface area contributed by atoms with E-state index in [-0.39, 0.29) is 17.9 Å². The maximum absolute atomic E-state index is 12.2. The molecule has 0 aliphatic heterocycles. The van der Waals surface area contributed by atoms with E-state index in [4.69, 9.17) is 5.73 Å². The zero-order valence-electron chi connectivity index (χ0n) is 11.4. The number of rotatable bonds is 3. The zero-order valence-corrected chi connectivity index (χ0v) is 11.4. The third-order valence-corrected chi connectivity index (χ3v) is 3.68. The van der Waals surface area contributed by atoms with Crippen LogP contribution < -0.4 is 11.1 Å². The number of aryl methyl sites for hydroxylation is 1. The second-order valence-electron chi connectivity index (χ2n) is 5.28. The van der Waals surface area contributed by atoms with Crippen LogP contribution in [-0.4, -0.2) is 21.9 Å². The van der Waals surface area contributed by atoms with Crippen molar-refractivity contribution in [3.63, 3.8) is 0 Å². The molecule has 2 unspecified atom stereocenters. The van der Waals surface area contributed by atoms with E-state index in [0.717, 1.165) is 37.1 Å². The van der Waals surface area contributed by atoms with E-state index in [1.807, 2.05) is 6.92 Å². The molecule has 0 saturated heterocycles. The van der Waals surface area contributed by atoms with Crippen molar-refractivity contribution in [3.05, 3.63) is 23.8 Å². The molecule has 1 aliphatic carbocycles. The minimum absolute atomic E-state index is 0.00778. The molecular weight excluding hydrogens is 240 g/mol. The summed E-state index contributed by atoms with van der Waals surface area (Å²) in [5.41, 5.74) is 7.73. The summed E-state index contributed by atoms with van der Waals surface area (Å²) in [6.45, 7) is 2.31. The standard InChI is InChI=1S/C14H22N4O/c1-10-7-17-11(8-16-10)9-18-14(19)12-5-3-2-4-6-13(12)15/h7-8,12-13H,2-6,9,15H2,1H3,(H,18,19). The van der Waals surface area contributed by atoms with Crippen LogP contribution in [0.2, 0.25) is 0 Å². The third kappa shape index (κ3) is 3.99. The molecule has 2 rings (SSSR count). The highest BCUT2D eigenvalue weighted by Crippen LogP contribution is 2.22. The van der Waals surface area contributed by atoms with E-state index in [1.54, 1.807) is 12.4 Å². The molecule has 0 radical (unpaired) electrons. The number of carbonyl (C=O) groups excluding carboxylic acids is 1. The highest BCUT2D eigenvalue weighted by Gasteiger charge is 2.26. The van der Waals surface area contributed by atoms with Gasteiger partial charge in [-0.3, -0.25) is 14.8 Å². The van der Waals surface area contributed by atoms with Crippen LogP contribution in [0.4, 0.5) is 0 Å². The quantitative estimate of drug-likeness (QED) is 0.805. The summed E-state index contributed by atoms with van der Waals surface area (Å²) in [5, 5.41) is 2.92. The molecule has 2 atom stereocenters. The fourth-order valence-corrected chi connectivity index (χ4v) is 2.48. The molecule has 104 valence electrons. The second-order valence-corrected chi connectivity index (χ2v) is 5.28. The summed E-state index contributed by atoms with van der Waals surface area (Å²) in [4.78, 5) is 20.5. The van der Waals surface area contributed by atoms with Crippen molar-refractivity contribution >= 4 is 5.91 Å². The van der Waals surface area contributed by atoms with E-state index in [0.29, 0.717) is 6.54 Å². The highest BCUT2D eigenvalue weighted by molar-refractivity contribution is 5.79. The molecule has 3 N–H and O–H groups in total. The van der Waals surface area contributed by atoms with Gasteiger partial charge >= 0.3 is 0 Å². The van der Waals surface area contributed by atoms with Crippen molar-refractivity contribution in [1.82, 2.24) is 15.3 Å². The molecule has 1 aromatic rings. The van der Waals surface area contributed by atoms with Crippen molar-refractivity contribution in [2.45, 2.75) is 51.6 Å². The van der Waals surface area contributed by atoms with Gasteiger partial charge in [0.1, 0.15) is 0 Å². The van der Waals surface area contributed by atoms with Gasteiger partial charge < -0.3 is 11.1 Å². The van der Waals surface area contributed by atoms with Gasteiger partial charge in [-0.2, -0.15) is 0 Å². The molecule has 0 aromatic carbocycles. The molecule has 1 aromatic heterocycles. The van der Waals surface area contributed by atoms with Crippen molar-refractivity contribution in [1.29, 1.82) is 0 Å². The van der Waals surface area contributed by atoms with Crippen LogP contribution in [0.5, 0.6) is 0 Å². The lowest BCUT2D eigenvalue weighted by atomic mass is 9.94. The first-order valence-electron chi connectivity index (χ1n) is 6.97. The molecule has 1 saturated carbocycles. The lowest BCUT2D eigenvalue weighted by Gasteiger charge is -2.20. The van der Waals surface area contributed by atoms with E-state index in [1.165, 1.54) is 6.42 Å². The SMILES string of the molecule is Cc1cnc(CNC(=O)C2CCCCCC2N)cn1. The maximum Gasteiger partial charge on any atom is 0.224 e. The average molecular weight is 262 g/mol. The largest absolute Gasteiger partial charge is 0.350 e. The molecule has 0 spiro atoms. The van der Waals surface area contributed by atoms with Crippen LogP contribution in [0.15, 0.2) is 12.4 Å². The van der Waals surface area contributed by atoms with Gasteiger partial charge in [-0.05, 0) is 19.8 Å². The Morgan fingerprint density at radius 3 is 2.84 bits per heavy atom. The predicted molar refractivity (Wildman–Crippen MR) is 73.2 cm³/mol. The Morgan fingerprint density at radius 1 is 1.32 bits per heavy atom. The van der Waals surface area contributed by atoms with Crippen LogP contribution >= 0.6 is 0 Å². The molecule has 1 fully saturated rings. The number of hydrogen-bond acceptors (Lipinski definition) is 4. The Bertz CT molecular complexity index is 418. The van der Waals surface area contributed by atoms with E-state index in [2.05, 4.69) is 15.3 Å². The molecule has 1 heterocycles. The van der Waals surface area contributed by atoms with Crippen LogP contribution in [-0.2, 0) is 11.3 Å². The number of nitrogens with zero attached hydrogens (tertiary/aromatic N) is 2. The number of carbonyl (C=O) groups is 1. The lowest BCUT2D eigenvalue weighted by Crippen LogP contribution is -2.41. The Hall–Kier alpha value is -1.49. The summed E-state index contributed by atoms with van der Waals surface area (Å²) in [7, 11) is 0. The number of nitrogens with one attached hydrogen (secondary N) is 1. The van der Waals surface area contributed by atoms with E-state index >= 15 is 0 Å². The monoisotopic (exact) mass is 262 g/mol. The summed E-state index contributed by atoms with van der Waals surface area (Å²) < 4.78 is 0. The average Bonchev–Trinajstić information content (AvgIpc) is 2.62. The summed E-state index contributed by atoms with van der Waals surface area (Å²) in [5.74, 6) is -0.00215. The van der Waals surface area contributed by atoms with Gasteiger partial charge in [0.2, 0.25) is 5.91 Å². The van der Waals surface area contributed by atoms with Gasteiger partial charge in [0.05, 0.1) is 30.0 Å². The van der Waals surface area contributed by atoms with E-state index in [9.17, 15) is 4.79 Å². The number of nitrogens with two attached hydrogens (primary N) is 1. The Balaban J connectivity index is 1.87. The highest BCUT2D eigenvalue weighted by atomic mass is 16.1. The van der Waals surface area contributed by atoms with Crippen molar-refractivity contribution in [2.75, 3.05) is 0 Å². The van der Waals surface area contributed by atoms with Crippen molar-refractivity contribution in [3.8, 4) is 0 Å². The van der Waals surface area contributed by atoms with Crippen molar-refractivity contribution < 1.29 is 4.79 Å².